The second-order valence-electron chi connectivity index (χ2n) is 3.38. The maximum absolute atomic E-state index is 5.60. The van der Waals surface area contributed by atoms with Crippen LogP contribution in [-0.4, -0.2) is 14.5 Å². The van der Waals surface area contributed by atoms with E-state index >= 15 is 0 Å². The van der Waals surface area contributed by atoms with Crippen molar-refractivity contribution in [1.82, 2.24) is 14.5 Å². The zero-order valence-electron chi connectivity index (χ0n) is 10.1. The lowest BCUT2D eigenvalue weighted by molar-refractivity contribution is 0.227. The summed E-state index contributed by atoms with van der Waals surface area (Å²) in [4.78, 5) is 8.58. The van der Waals surface area contributed by atoms with Gasteiger partial charge in [-0.15, -0.1) is 0 Å². The fraction of sp³-hybridized carbons (Fsp3) is 0.333. The third-order valence-electron chi connectivity index (χ3n) is 2.44. The first-order valence-corrected chi connectivity index (χ1v) is 6.36. The van der Waals surface area contributed by atoms with Gasteiger partial charge in [-0.3, -0.25) is 9.55 Å². The fourth-order valence-corrected chi connectivity index (χ4v) is 2.05. The Balaban J connectivity index is 0.000000514. The molecule has 0 aromatic carbocycles. The van der Waals surface area contributed by atoms with Crippen molar-refractivity contribution in [3.8, 4) is 17.1 Å². The van der Waals surface area contributed by atoms with Crippen LogP contribution in [0.4, 0.5) is 0 Å². The third-order valence-corrected chi connectivity index (χ3v) is 3.44. The largest absolute Gasteiger partial charge is 0.472 e. The number of rotatable bonds is 0. The maximum Gasteiger partial charge on any atom is 0.167 e. The van der Waals surface area contributed by atoms with Gasteiger partial charge in [0.1, 0.15) is 16.2 Å². The van der Waals surface area contributed by atoms with E-state index in [-0.39, 0.29) is 0 Å². The second-order valence-corrected chi connectivity index (χ2v) is 4.14. The van der Waals surface area contributed by atoms with Crippen LogP contribution in [0.1, 0.15) is 19.5 Å². The Morgan fingerprint density at radius 3 is 2.94 bits per heavy atom. The average Bonchev–Trinajstić information content (AvgIpc) is 2.68. The summed E-state index contributed by atoms with van der Waals surface area (Å²) in [6.07, 6.45) is 3.50. The molecule has 0 amide bonds. The molecule has 5 heteroatoms. The molecule has 0 aliphatic carbocycles. The van der Waals surface area contributed by atoms with Gasteiger partial charge < -0.3 is 4.74 Å². The predicted molar refractivity (Wildman–Crippen MR) is 69.9 cm³/mol. The van der Waals surface area contributed by atoms with Crippen LogP contribution in [0.2, 0.25) is 0 Å². The monoisotopic (exact) mass is 295 g/mol. The molecule has 0 radical (unpaired) electrons. The number of aromatic nitrogens is 3. The molecule has 4 nitrogen and oxygen atoms in total. The molecule has 2 aromatic heterocycles. The number of fused-ring (bicyclic) bond motifs is 3. The van der Waals surface area contributed by atoms with E-state index in [0.29, 0.717) is 6.73 Å². The number of imidazole rings is 1. The van der Waals surface area contributed by atoms with Gasteiger partial charge in [0.25, 0.3) is 0 Å². The van der Waals surface area contributed by atoms with Crippen LogP contribution in [0.15, 0.2) is 23.1 Å². The molecular weight excluding hydrogens is 282 g/mol. The van der Waals surface area contributed by atoms with Gasteiger partial charge >= 0.3 is 0 Å². The van der Waals surface area contributed by atoms with Crippen molar-refractivity contribution in [3.05, 3.63) is 28.8 Å². The first-order chi connectivity index (χ1) is 8.27. The Kier molecular flexibility index (Phi) is 3.47. The number of hydrogen-bond donors (Lipinski definition) is 0. The predicted octanol–water partition coefficient (Wildman–Crippen LogP) is 3.39. The second kappa shape index (κ2) is 4.87. The molecule has 2 aromatic rings. The van der Waals surface area contributed by atoms with Crippen molar-refractivity contribution in [2.75, 3.05) is 0 Å². The minimum Gasteiger partial charge on any atom is -0.472 e. The minimum absolute atomic E-state index is 0.494. The lowest BCUT2D eigenvalue weighted by Crippen LogP contribution is -2.13. The molecular formula is C12H14BrN3O. The molecule has 0 saturated heterocycles. The van der Waals surface area contributed by atoms with E-state index in [2.05, 4.69) is 25.9 Å². The van der Waals surface area contributed by atoms with Crippen LogP contribution in [0, 0.1) is 6.92 Å². The molecule has 17 heavy (non-hydrogen) atoms. The molecule has 0 fully saturated rings. The van der Waals surface area contributed by atoms with Gasteiger partial charge in [-0.25, -0.2) is 4.98 Å². The van der Waals surface area contributed by atoms with E-state index in [1.807, 2.05) is 31.4 Å². The van der Waals surface area contributed by atoms with Gasteiger partial charge in [0.2, 0.25) is 0 Å². The quantitative estimate of drug-likeness (QED) is 0.748. The van der Waals surface area contributed by atoms with Crippen molar-refractivity contribution in [2.24, 2.45) is 0 Å². The molecule has 0 unspecified atom stereocenters. The number of hydrogen-bond acceptors (Lipinski definition) is 3. The van der Waals surface area contributed by atoms with Crippen molar-refractivity contribution >= 4 is 15.9 Å². The van der Waals surface area contributed by atoms with Crippen LogP contribution in [0.3, 0.4) is 0 Å². The summed E-state index contributed by atoms with van der Waals surface area (Å²) in [6, 6.07) is 1.86. The molecule has 90 valence electrons. The van der Waals surface area contributed by atoms with Crippen LogP contribution < -0.4 is 4.74 Å². The van der Waals surface area contributed by atoms with E-state index in [0.717, 1.165) is 27.4 Å². The lowest BCUT2D eigenvalue weighted by atomic mass is 10.2. The highest BCUT2D eigenvalue weighted by Gasteiger charge is 2.21. The number of halogens is 1. The van der Waals surface area contributed by atoms with Crippen molar-refractivity contribution in [3.63, 3.8) is 0 Å². The molecule has 0 spiro atoms. The Labute approximate surface area is 109 Å². The summed E-state index contributed by atoms with van der Waals surface area (Å²) < 4.78 is 8.55. The third kappa shape index (κ3) is 1.95. The van der Waals surface area contributed by atoms with Crippen LogP contribution in [0.25, 0.3) is 11.4 Å². The topological polar surface area (TPSA) is 39.9 Å². The SMILES string of the molecule is CC.Cc1nc2n(c1Br)COc1ccncc1-2. The number of ether oxygens (including phenoxy) is 1. The maximum atomic E-state index is 5.60. The summed E-state index contributed by atoms with van der Waals surface area (Å²) in [5.41, 5.74) is 1.91. The lowest BCUT2D eigenvalue weighted by Gasteiger charge is -2.18. The fourth-order valence-electron chi connectivity index (χ4n) is 1.69. The minimum atomic E-state index is 0.494. The summed E-state index contributed by atoms with van der Waals surface area (Å²) in [5.74, 6) is 1.75. The number of pyridine rings is 1. The zero-order chi connectivity index (χ0) is 12.4. The summed E-state index contributed by atoms with van der Waals surface area (Å²) in [7, 11) is 0. The van der Waals surface area contributed by atoms with Gasteiger partial charge in [0, 0.05) is 12.4 Å². The highest BCUT2D eigenvalue weighted by atomic mass is 79.9. The Bertz CT molecular complexity index is 537. The summed E-state index contributed by atoms with van der Waals surface area (Å²) >= 11 is 3.49. The highest BCUT2D eigenvalue weighted by molar-refractivity contribution is 9.10. The van der Waals surface area contributed by atoms with E-state index in [1.165, 1.54) is 0 Å². The Morgan fingerprint density at radius 1 is 1.41 bits per heavy atom. The Morgan fingerprint density at radius 2 is 2.18 bits per heavy atom. The Hall–Kier alpha value is -1.36. The molecule has 0 saturated carbocycles. The first-order valence-electron chi connectivity index (χ1n) is 5.57. The highest BCUT2D eigenvalue weighted by Crippen LogP contribution is 2.35. The zero-order valence-corrected chi connectivity index (χ0v) is 11.7. The smallest absolute Gasteiger partial charge is 0.167 e. The van der Waals surface area contributed by atoms with Crippen LogP contribution >= 0.6 is 15.9 Å². The number of nitrogens with zero attached hydrogens (tertiary/aromatic N) is 3. The van der Waals surface area contributed by atoms with Gasteiger partial charge in [-0.2, -0.15) is 0 Å². The van der Waals surface area contributed by atoms with Crippen LogP contribution in [0.5, 0.6) is 5.75 Å². The van der Waals surface area contributed by atoms with Crippen molar-refractivity contribution < 1.29 is 4.74 Å². The van der Waals surface area contributed by atoms with Gasteiger partial charge in [0.05, 0.1) is 11.3 Å². The standard InChI is InChI=1S/C10H8BrN3O.C2H6/c1-6-9(11)14-5-15-8-2-3-12-4-7(8)10(14)13-6;1-2/h2-4H,5H2,1H3;1-2H3. The normalized spacial score (nSPS) is 11.8. The van der Waals surface area contributed by atoms with E-state index in [1.54, 1.807) is 12.4 Å². The van der Waals surface area contributed by atoms with E-state index < -0.39 is 0 Å². The average molecular weight is 296 g/mol. The molecule has 0 bridgehead atoms. The van der Waals surface area contributed by atoms with E-state index in [4.69, 9.17) is 4.74 Å². The van der Waals surface area contributed by atoms with Gasteiger partial charge in [0.15, 0.2) is 6.73 Å². The molecule has 1 aliphatic rings. The van der Waals surface area contributed by atoms with Gasteiger partial charge in [-0.1, -0.05) is 13.8 Å². The van der Waals surface area contributed by atoms with Gasteiger partial charge in [-0.05, 0) is 28.9 Å². The molecule has 3 heterocycles. The molecule has 1 aliphatic heterocycles. The summed E-state index contributed by atoms with van der Waals surface area (Å²) in [5, 5.41) is 0. The van der Waals surface area contributed by atoms with Crippen molar-refractivity contribution in [1.29, 1.82) is 0 Å². The molecule has 0 atom stereocenters. The summed E-state index contributed by atoms with van der Waals surface area (Å²) in [6.45, 7) is 6.46. The van der Waals surface area contributed by atoms with Crippen LogP contribution in [-0.2, 0) is 6.73 Å². The molecule has 3 rings (SSSR count). The number of aryl methyl sites for hydroxylation is 1. The first kappa shape index (κ1) is 12.1. The van der Waals surface area contributed by atoms with Crippen molar-refractivity contribution in [2.45, 2.75) is 27.5 Å². The molecule has 0 N–H and O–H groups in total. The van der Waals surface area contributed by atoms with E-state index in [9.17, 15) is 0 Å².